The van der Waals surface area contributed by atoms with E-state index in [1.807, 2.05) is 7.11 Å². The number of rotatable bonds is 1. The van der Waals surface area contributed by atoms with Crippen LogP contribution in [0, 0.1) is 0 Å². The van der Waals surface area contributed by atoms with E-state index in [1.165, 1.54) is 36.6 Å². The zero-order valence-electron chi connectivity index (χ0n) is 7.68. The Balaban J connectivity index is 2.42. The summed E-state index contributed by atoms with van der Waals surface area (Å²) in [6.45, 7) is 0. The van der Waals surface area contributed by atoms with Crippen LogP contribution in [0.15, 0.2) is 10.6 Å². The summed E-state index contributed by atoms with van der Waals surface area (Å²) in [6.07, 6.45) is 10.2. The van der Waals surface area contributed by atoms with Crippen molar-refractivity contribution in [1.82, 2.24) is 0 Å². The van der Waals surface area contributed by atoms with Gasteiger partial charge in [0.15, 0.2) is 0 Å². The van der Waals surface area contributed by atoms with Crippen LogP contribution in [0.5, 0.6) is 0 Å². The monoisotopic (exact) mass is 232 g/mol. The Labute approximate surface area is 83.3 Å². The third-order valence-corrected chi connectivity index (χ3v) is 3.10. The molecule has 0 fully saturated rings. The molecule has 1 aliphatic rings. The van der Waals surface area contributed by atoms with Gasteiger partial charge < -0.3 is 4.74 Å². The quantitative estimate of drug-likeness (QED) is 0.671. The molecule has 0 aromatic heterocycles. The Morgan fingerprint density at radius 1 is 1.42 bits per heavy atom. The van der Waals surface area contributed by atoms with E-state index >= 15 is 0 Å². The maximum absolute atomic E-state index is 5.37. The summed E-state index contributed by atoms with van der Waals surface area (Å²) in [6, 6.07) is 0. The molecule has 0 heterocycles. The van der Waals surface area contributed by atoms with Crippen molar-refractivity contribution in [3.63, 3.8) is 0 Å². The van der Waals surface area contributed by atoms with E-state index in [0.29, 0.717) is 6.10 Å². The first-order valence-corrected chi connectivity index (χ1v) is 5.49. The number of hydrogen-bond acceptors (Lipinski definition) is 1. The van der Waals surface area contributed by atoms with Crippen molar-refractivity contribution in [2.24, 2.45) is 0 Å². The van der Waals surface area contributed by atoms with Gasteiger partial charge in [-0.1, -0.05) is 34.8 Å². The Morgan fingerprint density at radius 3 is 3.00 bits per heavy atom. The summed E-state index contributed by atoms with van der Waals surface area (Å²) in [7, 11) is 1.81. The minimum absolute atomic E-state index is 0.440. The Hall–Kier alpha value is 0.180. The van der Waals surface area contributed by atoms with Gasteiger partial charge in [-0.3, -0.25) is 0 Å². The largest absolute Gasteiger partial charge is 0.381 e. The highest BCUT2D eigenvalue weighted by Crippen LogP contribution is 2.21. The van der Waals surface area contributed by atoms with Crippen molar-refractivity contribution in [3.05, 3.63) is 10.6 Å². The standard InChI is InChI=1S/C10H17BrO/c1-12-10-6-4-2-3-5-9(11)7-8-10/h7,10H,2-6,8H2,1H3/b9-7-. The first kappa shape index (κ1) is 10.3. The minimum Gasteiger partial charge on any atom is -0.381 e. The Bertz CT molecular complexity index is 154. The molecule has 0 aliphatic heterocycles. The van der Waals surface area contributed by atoms with Crippen LogP contribution in [0.1, 0.15) is 38.5 Å². The van der Waals surface area contributed by atoms with Crippen LogP contribution in [0.4, 0.5) is 0 Å². The zero-order chi connectivity index (χ0) is 8.81. The van der Waals surface area contributed by atoms with E-state index in [4.69, 9.17) is 4.74 Å². The van der Waals surface area contributed by atoms with Crippen LogP contribution in [-0.4, -0.2) is 13.2 Å². The van der Waals surface area contributed by atoms with Gasteiger partial charge in [0.05, 0.1) is 6.10 Å². The summed E-state index contributed by atoms with van der Waals surface area (Å²) in [4.78, 5) is 0. The Morgan fingerprint density at radius 2 is 2.25 bits per heavy atom. The second kappa shape index (κ2) is 5.76. The molecular formula is C10H17BrO. The van der Waals surface area contributed by atoms with E-state index in [1.54, 1.807) is 0 Å². The van der Waals surface area contributed by atoms with Crippen LogP contribution in [0.3, 0.4) is 0 Å². The fourth-order valence-electron chi connectivity index (χ4n) is 1.54. The highest BCUT2D eigenvalue weighted by atomic mass is 79.9. The van der Waals surface area contributed by atoms with Crippen LogP contribution in [-0.2, 0) is 4.74 Å². The average Bonchev–Trinajstić information content (AvgIpc) is 2.17. The topological polar surface area (TPSA) is 9.23 Å². The van der Waals surface area contributed by atoms with Gasteiger partial charge in [-0.2, -0.15) is 0 Å². The predicted octanol–water partition coefficient (Wildman–Crippen LogP) is 3.63. The second-order valence-electron chi connectivity index (χ2n) is 3.34. The molecule has 1 nitrogen and oxygen atoms in total. The summed E-state index contributed by atoms with van der Waals surface area (Å²) in [5, 5.41) is 0. The lowest BCUT2D eigenvalue weighted by Gasteiger charge is -2.11. The molecular weight excluding hydrogens is 216 g/mol. The van der Waals surface area contributed by atoms with Crippen molar-refractivity contribution >= 4 is 15.9 Å². The molecule has 12 heavy (non-hydrogen) atoms. The van der Waals surface area contributed by atoms with Gasteiger partial charge in [-0.25, -0.2) is 0 Å². The molecule has 70 valence electrons. The number of allylic oxidation sites excluding steroid dienone is 1. The number of ether oxygens (including phenoxy) is 1. The molecule has 0 bridgehead atoms. The lowest BCUT2D eigenvalue weighted by molar-refractivity contribution is 0.0957. The summed E-state index contributed by atoms with van der Waals surface area (Å²) >= 11 is 3.57. The van der Waals surface area contributed by atoms with Crippen molar-refractivity contribution in [2.75, 3.05) is 7.11 Å². The number of methoxy groups -OCH3 is 1. The van der Waals surface area contributed by atoms with Gasteiger partial charge in [-0.05, 0) is 30.2 Å². The van der Waals surface area contributed by atoms with Crippen LogP contribution in [0.25, 0.3) is 0 Å². The third-order valence-electron chi connectivity index (χ3n) is 2.38. The number of halogens is 1. The van der Waals surface area contributed by atoms with Crippen LogP contribution in [0.2, 0.25) is 0 Å². The number of hydrogen-bond donors (Lipinski definition) is 0. The summed E-state index contributed by atoms with van der Waals surface area (Å²) < 4.78 is 6.72. The molecule has 0 saturated heterocycles. The van der Waals surface area contributed by atoms with E-state index in [-0.39, 0.29) is 0 Å². The molecule has 0 N–H and O–H groups in total. The molecule has 1 unspecified atom stereocenters. The normalized spacial score (nSPS) is 31.2. The van der Waals surface area contributed by atoms with E-state index in [9.17, 15) is 0 Å². The Kier molecular flexibility index (Phi) is 4.93. The van der Waals surface area contributed by atoms with Crippen molar-refractivity contribution in [2.45, 2.75) is 44.6 Å². The van der Waals surface area contributed by atoms with E-state index in [2.05, 4.69) is 22.0 Å². The molecule has 0 saturated carbocycles. The fourth-order valence-corrected chi connectivity index (χ4v) is 2.00. The van der Waals surface area contributed by atoms with Crippen LogP contribution >= 0.6 is 15.9 Å². The van der Waals surface area contributed by atoms with Gasteiger partial charge >= 0.3 is 0 Å². The fraction of sp³-hybridized carbons (Fsp3) is 0.800. The maximum Gasteiger partial charge on any atom is 0.0606 e. The molecule has 0 radical (unpaired) electrons. The van der Waals surface area contributed by atoms with E-state index in [0.717, 1.165) is 6.42 Å². The lowest BCUT2D eigenvalue weighted by atomic mass is 10.1. The zero-order valence-corrected chi connectivity index (χ0v) is 9.27. The smallest absolute Gasteiger partial charge is 0.0606 e. The SMILES string of the molecule is COC1C/C=C(\Br)CCCCC1. The molecule has 0 spiro atoms. The van der Waals surface area contributed by atoms with Crippen LogP contribution < -0.4 is 0 Å². The highest BCUT2D eigenvalue weighted by molar-refractivity contribution is 9.11. The lowest BCUT2D eigenvalue weighted by Crippen LogP contribution is -2.08. The maximum atomic E-state index is 5.37. The van der Waals surface area contributed by atoms with Gasteiger partial charge in [0.25, 0.3) is 0 Å². The van der Waals surface area contributed by atoms with Gasteiger partial charge in [-0.15, -0.1) is 0 Å². The molecule has 0 amide bonds. The predicted molar refractivity (Wildman–Crippen MR) is 55.5 cm³/mol. The molecule has 0 aromatic rings. The highest BCUT2D eigenvalue weighted by Gasteiger charge is 2.07. The summed E-state index contributed by atoms with van der Waals surface area (Å²) in [5.41, 5.74) is 0. The van der Waals surface area contributed by atoms with E-state index < -0.39 is 0 Å². The summed E-state index contributed by atoms with van der Waals surface area (Å²) in [5.74, 6) is 0. The third kappa shape index (κ3) is 3.72. The second-order valence-corrected chi connectivity index (χ2v) is 4.36. The van der Waals surface area contributed by atoms with Crippen molar-refractivity contribution < 1.29 is 4.74 Å². The van der Waals surface area contributed by atoms with Gasteiger partial charge in [0.1, 0.15) is 0 Å². The van der Waals surface area contributed by atoms with Crippen molar-refractivity contribution in [1.29, 1.82) is 0 Å². The average molecular weight is 233 g/mol. The first-order valence-electron chi connectivity index (χ1n) is 4.70. The first-order chi connectivity index (χ1) is 5.83. The molecule has 1 atom stereocenters. The van der Waals surface area contributed by atoms with Gasteiger partial charge in [0.2, 0.25) is 0 Å². The molecule has 2 heteroatoms. The van der Waals surface area contributed by atoms with Crippen molar-refractivity contribution in [3.8, 4) is 0 Å². The molecule has 1 rings (SSSR count). The molecule has 1 aliphatic carbocycles. The van der Waals surface area contributed by atoms with Gasteiger partial charge in [0, 0.05) is 7.11 Å². The molecule has 0 aromatic carbocycles. The minimum atomic E-state index is 0.440.